The summed E-state index contributed by atoms with van der Waals surface area (Å²) in [7, 11) is 1.64. The molecule has 1 aromatic heterocycles. The Bertz CT molecular complexity index is 278. The Morgan fingerprint density at radius 1 is 1.33 bits per heavy atom. The molecule has 0 saturated carbocycles. The Morgan fingerprint density at radius 3 is 2.87 bits per heavy atom. The first kappa shape index (κ1) is 11.9. The van der Waals surface area contributed by atoms with Gasteiger partial charge >= 0.3 is 0 Å². The normalized spacial score (nSPS) is 10.3. The minimum absolute atomic E-state index is 0.702. The smallest absolute Gasteiger partial charge is 0.217 e. The van der Waals surface area contributed by atoms with Crippen LogP contribution < -0.4 is 15.4 Å². The lowest BCUT2D eigenvalue weighted by molar-refractivity contribution is 0.390. The maximum absolute atomic E-state index is 5.16. The molecule has 4 nitrogen and oxygen atoms in total. The van der Waals surface area contributed by atoms with Gasteiger partial charge in [0.25, 0.3) is 0 Å². The van der Waals surface area contributed by atoms with Gasteiger partial charge < -0.3 is 15.4 Å². The van der Waals surface area contributed by atoms with E-state index in [1.165, 1.54) is 0 Å². The molecule has 1 rings (SSSR count). The topological polar surface area (TPSA) is 46.2 Å². The molecule has 2 N–H and O–H groups in total. The molecule has 0 saturated heterocycles. The van der Waals surface area contributed by atoms with Crippen LogP contribution in [0.2, 0.25) is 0 Å². The molecule has 1 aromatic rings. The first-order valence-electron chi connectivity index (χ1n) is 5.27. The SMILES string of the molecule is CCNCCNCc1cccnc1OC. The van der Waals surface area contributed by atoms with Crippen LogP contribution in [0.4, 0.5) is 0 Å². The molecule has 15 heavy (non-hydrogen) atoms. The third kappa shape index (κ3) is 4.27. The van der Waals surface area contributed by atoms with Crippen molar-refractivity contribution in [2.45, 2.75) is 13.5 Å². The Labute approximate surface area is 91.1 Å². The lowest BCUT2D eigenvalue weighted by Crippen LogP contribution is -2.26. The predicted octanol–water partition coefficient (Wildman–Crippen LogP) is 0.789. The summed E-state index contributed by atoms with van der Waals surface area (Å²) in [5.74, 6) is 0.702. The van der Waals surface area contributed by atoms with Crippen molar-refractivity contribution >= 4 is 0 Å². The molecule has 0 fully saturated rings. The largest absolute Gasteiger partial charge is 0.481 e. The number of nitrogens with zero attached hydrogens (tertiary/aromatic N) is 1. The van der Waals surface area contributed by atoms with Gasteiger partial charge in [0.05, 0.1) is 7.11 Å². The zero-order valence-electron chi connectivity index (χ0n) is 9.42. The summed E-state index contributed by atoms with van der Waals surface area (Å²) in [5.41, 5.74) is 1.09. The highest BCUT2D eigenvalue weighted by Crippen LogP contribution is 2.12. The second kappa shape index (κ2) is 7.20. The van der Waals surface area contributed by atoms with Gasteiger partial charge in [-0.25, -0.2) is 4.98 Å². The zero-order valence-corrected chi connectivity index (χ0v) is 9.42. The second-order valence-corrected chi connectivity index (χ2v) is 3.20. The Hall–Kier alpha value is -1.13. The first-order chi connectivity index (χ1) is 7.38. The molecule has 0 aliphatic heterocycles. The van der Waals surface area contributed by atoms with Crippen LogP contribution in [0.3, 0.4) is 0 Å². The summed E-state index contributed by atoms with van der Waals surface area (Å²) in [6, 6.07) is 3.94. The summed E-state index contributed by atoms with van der Waals surface area (Å²) < 4.78 is 5.16. The van der Waals surface area contributed by atoms with Crippen molar-refractivity contribution in [3.63, 3.8) is 0 Å². The highest BCUT2D eigenvalue weighted by Gasteiger charge is 2.01. The summed E-state index contributed by atoms with van der Waals surface area (Å²) >= 11 is 0. The van der Waals surface area contributed by atoms with E-state index in [2.05, 4.69) is 22.5 Å². The molecule has 0 unspecified atom stereocenters. The van der Waals surface area contributed by atoms with Gasteiger partial charge in [0.15, 0.2) is 0 Å². The van der Waals surface area contributed by atoms with Crippen LogP contribution in [0, 0.1) is 0 Å². The summed E-state index contributed by atoms with van der Waals surface area (Å²) in [5, 5.41) is 6.58. The average Bonchev–Trinajstić information content (AvgIpc) is 2.29. The van der Waals surface area contributed by atoms with E-state index < -0.39 is 0 Å². The number of nitrogens with one attached hydrogen (secondary N) is 2. The molecule has 0 amide bonds. The third-order valence-electron chi connectivity index (χ3n) is 2.09. The minimum Gasteiger partial charge on any atom is -0.481 e. The van der Waals surface area contributed by atoms with Gasteiger partial charge in [-0.05, 0) is 12.6 Å². The van der Waals surface area contributed by atoms with E-state index >= 15 is 0 Å². The molecule has 0 spiro atoms. The quantitative estimate of drug-likeness (QED) is 0.652. The van der Waals surface area contributed by atoms with Gasteiger partial charge in [-0.2, -0.15) is 0 Å². The van der Waals surface area contributed by atoms with Crippen molar-refractivity contribution in [1.82, 2.24) is 15.6 Å². The van der Waals surface area contributed by atoms with E-state index in [9.17, 15) is 0 Å². The summed E-state index contributed by atoms with van der Waals surface area (Å²) in [6.45, 7) is 5.84. The van der Waals surface area contributed by atoms with Crippen LogP contribution in [-0.4, -0.2) is 31.7 Å². The van der Waals surface area contributed by atoms with Crippen LogP contribution in [0.15, 0.2) is 18.3 Å². The van der Waals surface area contributed by atoms with Crippen molar-refractivity contribution in [2.75, 3.05) is 26.7 Å². The standard InChI is InChI=1S/C11H19N3O/c1-3-12-7-8-13-9-10-5-4-6-14-11(10)15-2/h4-6,12-13H,3,7-9H2,1-2H3. The molecular weight excluding hydrogens is 190 g/mol. The molecule has 84 valence electrons. The maximum atomic E-state index is 5.16. The second-order valence-electron chi connectivity index (χ2n) is 3.20. The van der Waals surface area contributed by atoms with E-state index in [1.807, 2.05) is 12.1 Å². The highest BCUT2D eigenvalue weighted by atomic mass is 16.5. The molecule has 0 aliphatic carbocycles. The molecule has 1 heterocycles. The maximum Gasteiger partial charge on any atom is 0.217 e. The Balaban J connectivity index is 2.30. The van der Waals surface area contributed by atoms with E-state index in [0.717, 1.165) is 31.7 Å². The van der Waals surface area contributed by atoms with Crippen molar-refractivity contribution in [2.24, 2.45) is 0 Å². The third-order valence-corrected chi connectivity index (χ3v) is 2.09. The van der Waals surface area contributed by atoms with Gasteiger partial charge in [-0.3, -0.25) is 0 Å². The molecule has 0 aromatic carbocycles. The molecular formula is C11H19N3O. The Morgan fingerprint density at radius 2 is 2.13 bits per heavy atom. The van der Waals surface area contributed by atoms with E-state index in [0.29, 0.717) is 5.88 Å². The fraction of sp³-hybridized carbons (Fsp3) is 0.545. The number of methoxy groups -OCH3 is 1. The van der Waals surface area contributed by atoms with Crippen LogP contribution in [0.25, 0.3) is 0 Å². The number of likely N-dealkylation sites (N-methyl/N-ethyl adjacent to an activating group) is 1. The number of rotatable bonds is 7. The number of hydrogen-bond donors (Lipinski definition) is 2. The number of pyridine rings is 1. The molecule has 0 bridgehead atoms. The van der Waals surface area contributed by atoms with Crippen molar-refractivity contribution < 1.29 is 4.74 Å². The van der Waals surface area contributed by atoms with E-state index in [1.54, 1.807) is 13.3 Å². The predicted molar refractivity (Wildman–Crippen MR) is 61.0 cm³/mol. The first-order valence-corrected chi connectivity index (χ1v) is 5.27. The summed E-state index contributed by atoms with van der Waals surface area (Å²) in [6.07, 6.45) is 1.74. The monoisotopic (exact) mass is 209 g/mol. The molecule has 0 aliphatic rings. The Kier molecular flexibility index (Phi) is 5.73. The molecule has 0 atom stereocenters. The van der Waals surface area contributed by atoms with Crippen molar-refractivity contribution in [3.05, 3.63) is 23.9 Å². The van der Waals surface area contributed by atoms with Crippen LogP contribution in [0.5, 0.6) is 5.88 Å². The lowest BCUT2D eigenvalue weighted by Gasteiger charge is -2.08. The highest BCUT2D eigenvalue weighted by molar-refractivity contribution is 5.24. The van der Waals surface area contributed by atoms with Crippen LogP contribution in [0.1, 0.15) is 12.5 Å². The molecule has 0 radical (unpaired) electrons. The number of hydrogen-bond acceptors (Lipinski definition) is 4. The fourth-order valence-electron chi connectivity index (χ4n) is 1.32. The van der Waals surface area contributed by atoms with Gasteiger partial charge in [-0.1, -0.05) is 13.0 Å². The summed E-state index contributed by atoms with van der Waals surface area (Å²) in [4.78, 5) is 4.13. The van der Waals surface area contributed by atoms with E-state index in [-0.39, 0.29) is 0 Å². The molecule has 4 heteroatoms. The van der Waals surface area contributed by atoms with Crippen LogP contribution >= 0.6 is 0 Å². The van der Waals surface area contributed by atoms with Gasteiger partial charge in [0.2, 0.25) is 5.88 Å². The van der Waals surface area contributed by atoms with Gasteiger partial charge in [0.1, 0.15) is 0 Å². The van der Waals surface area contributed by atoms with E-state index in [4.69, 9.17) is 4.74 Å². The van der Waals surface area contributed by atoms with Gasteiger partial charge in [-0.15, -0.1) is 0 Å². The lowest BCUT2D eigenvalue weighted by atomic mass is 10.2. The fourth-order valence-corrected chi connectivity index (χ4v) is 1.32. The number of ether oxygens (including phenoxy) is 1. The average molecular weight is 209 g/mol. The van der Waals surface area contributed by atoms with Crippen molar-refractivity contribution in [3.8, 4) is 5.88 Å². The van der Waals surface area contributed by atoms with Crippen LogP contribution in [-0.2, 0) is 6.54 Å². The zero-order chi connectivity index (χ0) is 10.9. The number of aromatic nitrogens is 1. The van der Waals surface area contributed by atoms with Crippen molar-refractivity contribution in [1.29, 1.82) is 0 Å². The van der Waals surface area contributed by atoms with Gasteiger partial charge in [0, 0.05) is 31.4 Å². The minimum atomic E-state index is 0.702.